The van der Waals surface area contributed by atoms with Crippen molar-refractivity contribution in [2.24, 2.45) is 11.7 Å². The maximum atomic E-state index is 13.9. The number of thiocarbonyl (C=S) groups is 1. The van der Waals surface area contributed by atoms with Crippen LogP contribution in [0.5, 0.6) is 0 Å². The third kappa shape index (κ3) is 3.90. The zero-order valence-corrected chi connectivity index (χ0v) is 12.7. The molecule has 1 aromatic rings. The van der Waals surface area contributed by atoms with Gasteiger partial charge in [-0.05, 0) is 56.6 Å². The van der Waals surface area contributed by atoms with Crippen molar-refractivity contribution >= 4 is 22.9 Å². The van der Waals surface area contributed by atoms with Gasteiger partial charge in [0.1, 0.15) is 10.8 Å². The van der Waals surface area contributed by atoms with Crippen molar-refractivity contribution in [1.82, 2.24) is 4.90 Å². The average molecular weight is 295 g/mol. The van der Waals surface area contributed by atoms with Crippen LogP contribution < -0.4 is 11.1 Å². The lowest BCUT2D eigenvalue weighted by Gasteiger charge is -2.31. The van der Waals surface area contributed by atoms with Crippen molar-refractivity contribution in [3.63, 3.8) is 0 Å². The summed E-state index contributed by atoms with van der Waals surface area (Å²) in [5.74, 6) is 0.328. The zero-order valence-electron chi connectivity index (χ0n) is 11.9. The first-order valence-electron chi connectivity index (χ1n) is 7.15. The number of hydrogen-bond acceptors (Lipinski definition) is 3. The Kier molecular flexibility index (Phi) is 5.31. The molecule has 1 fully saturated rings. The Morgan fingerprint density at radius 3 is 2.70 bits per heavy atom. The second-order valence-corrected chi connectivity index (χ2v) is 5.76. The van der Waals surface area contributed by atoms with Crippen LogP contribution in [0.4, 0.5) is 10.1 Å². The number of nitrogens with two attached hydrogens (primary N) is 1. The minimum Gasteiger partial charge on any atom is -0.389 e. The standard InChI is InChI=1S/C15H22FN3S/c1-2-19-7-5-11(6-8-19)10-18-14-4-3-12(15(17)20)9-13(14)16/h3-4,9,11,18H,2,5-8,10H2,1H3,(H2,17,20). The van der Waals surface area contributed by atoms with Gasteiger partial charge in [-0.15, -0.1) is 0 Å². The first kappa shape index (κ1) is 15.2. The third-order valence-electron chi connectivity index (χ3n) is 3.99. The molecule has 2 rings (SSSR count). The Balaban J connectivity index is 1.87. The molecule has 1 aliphatic rings. The lowest BCUT2D eigenvalue weighted by atomic mass is 9.96. The van der Waals surface area contributed by atoms with Crippen molar-refractivity contribution in [3.05, 3.63) is 29.6 Å². The van der Waals surface area contributed by atoms with E-state index in [-0.39, 0.29) is 10.8 Å². The minimum atomic E-state index is -0.290. The van der Waals surface area contributed by atoms with E-state index in [0.717, 1.165) is 26.2 Å². The summed E-state index contributed by atoms with van der Waals surface area (Å²) in [6.07, 6.45) is 2.35. The normalized spacial score (nSPS) is 17.1. The van der Waals surface area contributed by atoms with E-state index in [2.05, 4.69) is 17.1 Å². The SMILES string of the molecule is CCN1CCC(CNc2ccc(C(N)=S)cc2F)CC1. The predicted octanol–water partition coefficient (Wildman–Crippen LogP) is 2.60. The molecule has 0 aliphatic carbocycles. The molecule has 5 heteroatoms. The Bertz CT molecular complexity index is 470. The van der Waals surface area contributed by atoms with Crippen molar-refractivity contribution in [3.8, 4) is 0 Å². The molecule has 0 amide bonds. The second kappa shape index (κ2) is 6.99. The van der Waals surface area contributed by atoms with E-state index in [1.54, 1.807) is 12.1 Å². The van der Waals surface area contributed by atoms with Crippen LogP contribution in [0, 0.1) is 11.7 Å². The van der Waals surface area contributed by atoms with Crippen LogP contribution in [0.25, 0.3) is 0 Å². The number of likely N-dealkylation sites (tertiary alicyclic amines) is 1. The molecular formula is C15H22FN3S. The molecule has 0 spiro atoms. The summed E-state index contributed by atoms with van der Waals surface area (Å²) in [5.41, 5.74) is 6.59. The van der Waals surface area contributed by atoms with Gasteiger partial charge >= 0.3 is 0 Å². The zero-order chi connectivity index (χ0) is 14.5. The number of hydrogen-bond donors (Lipinski definition) is 2. The van der Waals surface area contributed by atoms with E-state index < -0.39 is 0 Å². The first-order valence-corrected chi connectivity index (χ1v) is 7.56. The fraction of sp³-hybridized carbons (Fsp3) is 0.533. The molecule has 3 N–H and O–H groups in total. The summed E-state index contributed by atoms with van der Waals surface area (Å²) in [6, 6.07) is 4.86. The Hall–Kier alpha value is -1.20. The summed E-state index contributed by atoms with van der Waals surface area (Å²) in [7, 11) is 0. The monoisotopic (exact) mass is 295 g/mol. The van der Waals surface area contributed by atoms with Crippen LogP contribution in [-0.2, 0) is 0 Å². The maximum absolute atomic E-state index is 13.9. The van der Waals surface area contributed by atoms with Gasteiger partial charge in [-0.1, -0.05) is 19.1 Å². The number of rotatable bonds is 5. The van der Waals surface area contributed by atoms with E-state index >= 15 is 0 Å². The lowest BCUT2D eigenvalue weighted by molar-refractivity contribution is 0.198. The summed E-state index contributed by atoms with van der Waals surface area (Å²) in [4.78, 5) is 2.68. The molecule has 0 atom stereocenters. The molecule has 1 aliphatic heterocycles. The maximum Gasteiger partial charge on any atom is 0.146 e. The van der Waals surface area contributed by atoms with Crippen LogP contribution in [0.1, 0.15) is 25.3 Å². The average Bonchev–Trinajstić information content (AvgIpc) is 2.46. The van der Waals surface area contributed by atoms with Crippen LogP contribution in [0.2, 0.25) is 0 Å². The quantitative estimate of drug-likeness (QED) is 0.819. The van der Waals surface area contributed by atoms with Gasteiger partial charge in [0, 0.05) is 12.1 Å². The topological polar surface area (TPSA) is 41.3 Å². The molecule has 1 heterocycles. The molecule has 0 aromatic heterocycles. The fourth-order valence-electron chi connectivity index (χ4n) is 2.57. The lowest BCUT2D eigenvalue weighted by Crippen LogP contribution is -2.35. The number of halogens is 1. The van der Waals surface area contributed by atoms with E-state index in [0.29, 0.717) is 17.2 Å². The van der Waals surface area contributed by atoms with Gasteiger partial charge in [-0.3, -0.25) is 0 Å². The second-order valence-electron chi connectivity index (χ2n) is 5.32. The molecule has 3 nitrogen and oxygen atoms in total. The summed E-state index contributed by atoms with van der Waals surface area (Å²) >= 11 is 4.84. The van der Waals surface area contributed by atoms with Gasteiger partial charge < -0.3 is 16.0 Å². The van der Waals surface area contributed by atoms with E-state index in [1.165, 1.54) is 18.9 Å². The highest BCUT2D eigenvalue weighted by molar-refractivity contribution is 7.80. The molecule has 1 aromatic carbocycles. The fourth-order valence-corrected chi connectivity index (χ4v) is 2.70. The molecule has 20 heavy (non-hydrogen) atoms. The minimum absolute atomic E-state index is 0.224. The molecule has 0 radical (unpaired) electrons. The highest BCUT2D eigenvalue weighted by Crippen LogP contribution is 2.20. The van der Waals surface area contributed by atoms with Gasteiger partial charge in [0.05, 0.1) is 5.69 Å². The Labute approximate surface area is 125 Å². The number of nitrogens with one attached hydrogen (secondary N) is 1. The van der Waals surface area contributed by atoms with Gasteiger partial charge in [0.2, 0.25) is 0 Å². The number of piperidine rings is 1. The Morgan fingerprint density at radius 2 is 2.15 bits per heavy atom. The largest absolute Gasteiger partial charge is 0.389 e. The van der Waals surface area contributed by atoms with Gasteiger partial charge in [-0.25, -0.2) is 4.39 Å². The first-order chi connectivity index (χ1) is 9.60. The smallest absolute Gasteiger partial charge is 0.146 e. The van der Waals surface area contributed by atoms with Gasteiger partial charge in [0.15, 0.2) is 0 Å². The summed E-state index contributed by atoms with van der Waals surface area (Å²) in [5, 5.41) is 3.20. The van der Waals surface area contributed by atoms with Crippen molar-refractivity contribution in [1.29, 1.82) is 0 Å². The van der Waals surface area contributed by atoms with Crippen LogP contribution in [0.15, 0.2) is 18.2 Å². The highest BCUT2D eigenvalue weighted by Gasteiger charge is 2.18. The van der Waals surface area contributed by atoms with Crippen LogP contribution in [0.3, 0.4) is 0 Å². The number of anilines is 1. The molecular weight excluding hydrogens is 273 g/mol. The van der Waals surface area contributed by atoms with Crippen molar-refractivity contribution in [2.75, 3.05) is 31.5 Å². The molecule has 1 saturated heterocycles. The number of benzene rings is 1. The predicted molar refractivity (Wildman–Crippen MR) is 85.6 cm³/mol. The molecule has 110 valence electrons. The van der Waals surface area contributed by atoms with Gasteiger partial charge in [-0.2, -0.15) is 0 Å². The van der Waals surface area contributed by atoms with E-state index in [9.17, 15) is 4.39 Å². The molecule has 0 unspecified atom stereocenters. The van der Waals surface area contributed by atoms with E-state index in [1.807, 2.05) is 0 Å². The van der Waals surface area contributed by atoms with Crippen LogP contribution in [-0.4, -0.2) is 36.1 Å². The van der Waals surface area contributed by atoms with Crippen molar-refractivity contribution in [2.45, 2.75) is 19.8 Å². The summed E-state index contributed by atoms with van der Waals surface area (Å²) < 4.78 is 13.9. The Morgan fingerprint density at radius 1 is 1.45 bits per heavy atom. The summed E-state index contributed by atoms with van der Waals surface area (Å²) in [6.45, 7) is 6.42. The third-order valence-corrected chi connectivity index (χ3v) is 4.22. The van der Waals surface area contributed by atoms with Crippen LogP contribution >= 0.6 is 12.2 Å². The van der Waals surface area contributed by atoms with E-state index in [4.69, 9.17) is 18.0 Å². The highest BCUT2D eigenvalue weighted by atomic mass is 32.1. The number of nitrogens with zero attached hydrogens (tertiary/aromatic N) is 1. The molecule has 0 bridgehead atoms. The molecule has 0 saturated carbocycles. The van der Waals surface area contributed by atoms with Crippen molar-refractivity contribution < 1.29 is 4.39 Å². The van der Waals surface area contributed by atoms with Gasteiger partial charge in [0.25, 0.3) is 0 Å².